The van der Waals surface area contributed by atoms with Gasteiger partial charge in [0, 0.05) is 27.5 Å². The molecule has 0 atom stereocenters. The van der Waals surface area contributed by atoms with Crippen LogP contribution in [0.3, 0.4) is 0 Å². The van der Waals surface area contributed by atoms with E-state index >= 15 is 0 Å². The van der Waals surface area contributed by atoms with Crippen molar-refractivity contribution in [1.29, 1.82) is 0 Å². The monoisotopic (exact) mass is 382 g/mol. The van der Waals surface area contributed by atoms with Gasteiger partial charge in [-0.2, -0.15) is 0 Å². The minimum Gasteiger partial charge on any atom is -0.322 e. The van der Waals surface area contributed by atoms with E-state index in [-0.39, 0.29) is 5.91 Å². The fraction of sp³-hybridized carbons (Fsp3) is 0.0476. The van der Waals surface area contributed by atoms with E-state index < -0.39 is 11.7 Å². The second-order valence-electron chi connectivity index (χ2n) is 5.96. The third-order valence-corrected chi connectivity index (χ3v) is 4.33. The molecule has 0 aliphatic rings. The zero-order valence-corrected chi connectivity index (χ0v) is 15.2. The topological polar surface area (TPSA) is 58.2 Å². The van der Waals surface area contributed by atoms with Gasteiger partial charge in [-0.05, 0) is 67.1 Å². The molecule has 27 heavy (non-hydrogen) atoms. The number of aryl methyl sites for hydroxylation is 1. The molecule has 3 aromatic rings. The molecule has 3 aromatic carbocycles. The van der Waals surface area contributed by atoms with Gasteiger partial charge in [-0.3, -0.25) is 9.59 Å². The molecule has 0 aromatic heterocycles. The molecule has 0 radical (unpaired) electrons. The second-order valence-corrected chi connectivity index (χ2v) is 6.37. The first-order chi connectivity index (χ1) is 12.9. The Labute approximate surface area is 161 Å². The lowest BCUT2D eigenvalue weighted by Gasteiger charge is -2.08. The average molecular weight is 383 g/mol. The summed E-state index contributed by atoms with van der Waals surface area (Å²) in [6.45, 7) is 1.88. The molecule has 0 aliphatic carbocycles. The highest BCUT2D eigenvalue weighted by atomic mass is 35.5. The lowest BCUT2D eigenvalue weighted by Crippen LogP contribution is -2.14. The van der Waals surface area contributed by atoms with E-state index in [4.69, 9.17) is 11.6 Å². The van der Waals surface area contributed by atoms with Crippen LogP contribution < -0.4 is 10.6 Å². The van der Waals surface area contributed by atoms with Gasteiger partial charge >= 0.3 is 0 Å². The molecule has 0 saturated carbocycles. The van der Waals surface area contributed by atoms with Crippen molar-refractivity contribution in [3.63, 3.8) is 0 Å². The van der Waals surface area contributed by atoms with E-state index in [1.54, 1.807) is 30.3 Å². The number of nitrogens with one attached hydrogen (secondary N) is 2. The molecule has 0 spiro atoms. The van der Waals surface area contributed by atoms with Gasteiger partial charge in [-0.15, -0.1) is 0 Å². The highest BCUT2D eigenvalue weighted by Gasteiger charge is 2.10. The molecule has 136 valence electrons. The number of hydrogen-bond donors (Lipinski definition) is 2. The summed E-state index contributed by atoms with van der Waals surface area (Å²) >= 11 is 6.06. The average Bonchev–Trinajstić information content (AvgIpc) is 2.65. The molecule has 0 aliphatic heterocycles. The zero-order valence-electron chi connectivity index (χ0n) is 14.4. The van der Waals surface area contributed by atoms with Crippen LogP contribution in [0.2, 0.25) is 5.02 Å². The summed E-state index contributed by atoms with van der Waals surface area (Å²) < 4.78 is 13.2. The Hall–Kier alpha value is -3.18. The third kappa shape index (κ3) is 4.71. The summed E-state index contributed by atoms with van der Waals surface area (Å²) in [5, 5.41) is 5.93. The van der Waals surface area contributed by atoms with Gasteiger partial charge in [0.15, 0.2) is 0 Å². The summed E-state index contributed by atoms with van der Waals surface area (Å²) in [5.74, 6) is -1.14. The molecule has 0 saturated heterocycles. The van der Waals surface area contributed by atoms with Crippen molar-refractivity contribution in [2.75, 3.05) is 10.6 Å². The van der Waals surface area contributed by atoms with Crippen molar-refractivity contribution in [2.45, 2.75) is 6.92 Å². The van der Waals surface area contributed by atoms with Crippen molar-refractivity contribution in [1.82, 2.24) is 0 Å². The summed E-state index contributed by atoms with van der Waals surface area (Å²) in [6, 6.07) is 17.0. The SMILES string of the molecule is Cc1ccc(NC(=O)c2ccc(C(=O)Nc3cccc(F)c3)cc2)cc1Cl. The number of rotatable bonds is 4. The van der Waals surface area contributed by atoms with Crippen LogP contribution in [0.15, 0.2) is 66.7 Å². The Morgan fingerprint density at radius 2 is 1.37 bits per heavy atom. The second kappa shape index (κ2) is 8.01. The van der Waals surface area contributed by atoms with Crippen molar-refractivity contribution in [3.05, 3.63) is 94.3 Å². The lowest BCUT2D eigenvalue weighted by atomic mass is 10.1. The maximum atomic E-state index is 13.2. The quantitative estimate of drug-likeness (QED) is 0.644. The fourth-order valence-electron chi connectivity index (χ4n) is 2.42. The first-order valence-corrected chi connectivity index (χ1v) is 8.54. The van der Waals surface area contributed by atoms with Crippen LogP contribution in [0.1, 0.15) is 26.3 Å². The summed E-state index contributed by atoms with van der Waals surface area (Å²) in [5.41, 5.74) is 2.62. The van der Waals surface area contributed by atoms with Crippen LogP contribution in [0.25, 0.3) is 0 Å². The molecule has 3 rings (SSSR count). The van der Waals surface area contributed by atoms with E-state index in [1.807, 2.05) is 13.0 Å². The molecule has 0 fully saturated rings. The number of anilines is 2. The summed E-state index contributed by atoms with van der Waals surface area (Å²) in [6.07, 6.45) is 0. The van der Waals surface area contributed by atoms with E-state index in [2.05, 4.69) is 10.6 Å². The Balaban J connectivity index is 1.67. The minimum absolute atomic E-state index is 0.313. The van der Waals surface area contributed by atoms with Gasteiger partial charge in [0.25, 0.3) is 11.8 Å². The number of carbonyl (C=O) groups excluding carboxylic acids is 2. The molecule has 6 heteroatoms. The molecular formula is C21H16ClFN2O2. The molecule has 2 N–H and O–H groups in total. The number of benzene rings is 3. The summed E-state index contributed by atoms with van der Waals surface area (Å²) in [7, 11) is 0. The van der Waals surface area contributed by atoms with Crippen LogP contribution in [-0.4, -0.2) is 11.8 Å². The minimum atomic E-state index is -0.434. The number of amides is 2. The zero-order chi connectivity index (χ0) is 19.4. The first-order valence-electron chi connectivity index (χ1n) is 8.17. The third-order valence-electron chi connectivity index (χ3n) is 3.92. The van der Waals surface area contributed by atoms with E-state index in [1.165, 1.54) is 30.3 Å². The molecule has 0 heterocycles. The normalized spacial score (nSPS) is 10.3. The highest BCUT2D eigenvalue weighted by Crippen LogP contribution is 2.20. The van der Waals surface area contributed by atoms with Crippen LogP contribution in [-0.2, 0) is 0 Å². The number of carbonyl (C=O) groups is 2. The summed E-state index contributed by atoms with van der Waals surface area (Å²) in [4.78, 5) is 24.5. The highest BCUT2D eigenvalue weighted by molar-refractivity contribution is 6.31. The van der Waals surface area contributed by atoms with Gasteiger partial charge in [0.2, 0.25) is 0 Å². The van der Waals surface area contributed by atoms with Crippen molar-refractivity contribution < 1.29 is 14.0 Å². The largest absolute Gasteiger partial charge is 0.322 e. The van der Waals surface area contributed by atoms with Crippen LogP contribution in [0.5, 0.6) is 0 Å². The van der Waals surface area contributed by atoms with Gasteiger partial charge in [0.05, 0.1) is 0 Å². The van der Waals surface area contributed by atoms with E-state index in [0.29, 0.717) is 27.5 Å². The smallest absolute Gasteiger partial charge is 0.255 e. The van der Waals surface area contributed by atoms with Gasteiger partial charge < -0.3 is 10.6 Å². The van der Waals surface area contributed by atoms with Crippen molar-refractivity contribution in [2.24, 2.45) is 0 Å². The molecule has 0 unspecified atom stereocenters. The molecule has 0 bridgehead atoms. The molecule has 2 amide bonds. The van der Waals surface area contributed by atoms with Crippen molar-refractivity contribution >= 4 is 34.8 Å². The maximum Gasteiger partial charge on any atom is 0.255 e. The van der Waals surface area contributed by atoms with E-state index in [9.17, 15) is 14.0 Å². The van der Waals surface area contributed by atoms with E-state index in [0.717, 1.165) is 5.56 Å². The Kier molecular flexibility index (Phi) is 5.52. The van der Waals surface area contributed by atoms with Crippen LogP contribution in [0, 0.1) is 12.7 Å². The maximum absolute atomic E-state index is 13.2. The standard InChI is InChI=1S/C21H16ClFN2O2/c1-13-5-10-18(12-19(13)22)25-21(27)15-8-6-14(7-9-15)20(26)24-17-4-2-3-16(23)11-17/h2-12H,1H3,(H,24,26)(H,25,27). The Bertz CT molecular complexity index is 1000. The molecular weight excluding hydrogens is 367 g/mol. The van der Waals surface area contributed by atoms with Gasteiger partial charge in [0.1, 0.15) is 5.82 Å². The molecule has 4 nitrogen and oxygen atoms in total. The number of hydrogen-bond acceptors (Lipinski definition) is 2. The predicted molar refractivity (Wildman–Crippen MR) is 105 cm³/mol. The lowest BCUT2D eigenvalue weighted by molar-refractivity contribution is 0.101. The predicted octanol–water partition coefficient (Wildman–Crippen LogP) is 5.29. The van der Waals surface area contributed by atoms with Crippen molar-refractivity contribution in [3.8, 4) is 0 Å². The van der Waals surface area contributed by atoms with Crippen LogP contribution >= 0.6 is 11.6 Å². The Morgan fingerprint density at radius 3 is 1.89 bits per heavy atom. The Morgan fingerprint density at radius 1 is 0.815 bits per heavy atom. The fourth-order valence-corrected chi connectivity index (χ4v) is 2.60. The van der Waals surface area contributed by atoms with Crippen LogP contribution in [0.4, 0.5) is 15.8 Å². The number of halogens is 2. The first kappa shape index (κ1) is 18.6. The van der Waals surface area contributed by atoms with Gasteiger partial charge in [-0.25, -0.2) is 4.39 Å². The van der Waals surface area contributed by atoms with Gasteiger partial charge in [-0.1, -0.05) is 23.7 Å².